The highest BCUT2D eigenvalue weighted by Crippen LogP contribution is 2.35. The lowest BCUT2D eigenvalue weighted by Crippen LogP contribution is -2.49. The van der Waals surface area contributed by atoms with Crippen LogP contribution in [-0.4, -0.2) is 10.5 Å². The summed E-state index contributed by atoms with van der Waals surface area (Å²) in [4.78, 5) is 4.41. The molecule has 2 heteroatoms. The smallest absolute Gasteiger partial charge is 0.0705 e. The van der Waals surface area contributed by atoms with Gasteiger partial charge in [0, 0.05) is 23.7 Å². The van der Waals surface area contributed by atoms with Crippen molar-refractivity contribution in [1.29, 1.82) is 0 Å². The Balaban J connectivity index is 1.82. The van der Waals surface area contributed by atoms with Crippen LogP contribution in [0.4, 0.5) is 0 Å². The van der Waals surface area contributed by atoms with Gasteiger partial charge in [-0.1, -0.05) is 25.1 Å². The standard InChI is InChI=1S/C16H20N2/c1-2-16(9-5-10-16)18-12-13-8-11-17-15-7-4-3-6-14(13)15/h3-4,6-8,11,18H,2,5,9-10,12H2,1H3. The van der Waals surface area contributed by atoms with E-state index in [2.05, 4.69) is 41.5 Å². The van der Waals surface area contributed by atoms with E-state index in [1.807, 2.05) is 12.3 Å². The number of rotatable bonds is 4. The molecule has 1 aromatic heterocycles. The molecule has 2 nitrogen and oxygen atoms in total. The van der Waals surface area contributed by atoms with E-state index in [1.165, 1.54) is 36.6 Å². The molecule has 0 radical (unpaired) electrons. The largest absolute Gasteiger partial charge is 0.307 e. The summed E-state index contributed by atoms with van der Waals surface area (Å²) in [7, 11) is 0. The fourth-order valence-corrected chi connectivity index (χ4v) is 2.85. The summed E-state index contributed by atoms with van der Waals surface area (Å²) in [6.45, 7) is 3.24. The van der Waals surface area contributed by atoms with Crippen molar-refractivity contribution < 1.29 is 0 Å². The summed E-state index contributed by atoms with van der Waals surface area (Å²) < 4.78 is 0. The summed E-state index contributed by atoms with van der Waals surface area (Å²) in [5, 5.41) is 5.04. The normalized spacial score (nSPS) is 17.6. The van der Waals surface area contributed by atoms with Crippen LogP contribution in [0.1, 0.15) is 38.2 Å². The SMILES string of the molecule is CCC1(NCc2ccnc3ccccc23)CCC1. The van der Waals surface area contributed by atoms with Gasteiger partial charge in [0.25, 0.3) is 0 Å². The van der Waals surface area contributed by atoms with Gasteiger partial charge in [-0.05, 0) is 43.4 Å². The molecule has 1 saturated carbocycles. The molecule has 94 valence electrons. The topological polar surface area (TPSA) is 24.9 Å². The monoisotopic (exact) mass is 240 g/mol. The Morgan fingerprint density at radius 3 is 2.78 bits per heavy atom. The van der Waals surface area contributed by atoms with Crippen molar-refractivity contribution in [2.45, 2.75) is 44.7 Å². The Morgan fingerprint density at radius 2 is 2.06 bits per heavy atom. The predicted octanol–water partition coefficient (Wildman–Crippen LogP) is 3.66. The van der Waals surface area contributed by atoms with Crippen LogP contribution in [0.25, 0.3) is 10.9 Å². The highest BCUT2D eigenvalue weighted by molar-refractivity contribution is 5.81. The van der Waals surface area contributed by atoms with Gasteiger partial charge in [0.2, 0.25) is 0 Å². The van der Waals surface area contributed by atoms with Crippen LogP contribution in [0.5, 0.6) is 0 Å². The van der Waals surface area contributed by atoms with Crippen molar-refractivity contribution in [1.82, 2.24) is 10.3 Å². The second kappa shape index (κ2) is 4.69. The van der Waals surface area contributed by atoms with Crippen LogP contribution in [0.2, 0.25) is 0 Å². The lowest BCUT2D eigenvalue weighted by Gasteiger charge is -2.42. The first-order valence-corrected chi connectivity index (χ1v) is 6.91. The third-order valence-corrected chi connectivity index (χ3v) is 4.38. The molecule has 2 aromatic rings. The zero-order valence-corrected chi connectivity index (χ0v) is 10.9. The van der Waals surface area contributed by atoms with Gasteiger partial charge in [-0.3, -0.25) is 4.98 Å². The van der Waals surface area contributed by atoms with E-state index < -0.39 is 0 Å². The van der Waals surface area contributed by atoms with E-state index in [9.17, 15) is 0 Å². The zero-order valence-electron chi connectivity index (χ0n) is 10.9. The van der Waals surface area contributed by atoms with Gasteiger partial charge in [-0.25, -0.2) is 0 Å². The van der Waals surface area contributed by atoms with Gasteiger partial charge in [0.15, 0.2) is 0 Å². The first-order chi connectivity index (χ1) is 8.83. The van der Waals surface area contributed by atoms with Gasteiger partial charge in [0.1, 0.15) is 0 Å². The van der Waals surface area contributed by atoms with E-state index in [0.29, 0.717) is 5.54 Å². The second-order valence-electron chi connectivity index (χ2n) is 5.33. The third kappa shape index (κ3) is 2.01. The quantitative estimate of drug-likeness (QED) is 0.882. The molecule has 0 amide bonds. The number of hydrogen-bond donors (Lipinski definition) is 1. The number of fused-ring (bicyclic) bond motifs is 1. The molecular formula is C16H20N2. The van der Waals surface area contributed by atoms with Gasteiger partial charge >= 0.3 is 0 Å². The Bertz CT molecular complexity index is 533. The van der Waals surface area contributed by atoms with Gasteiger partial charge in [-0.2, -0.15) is 0 Å². The average molecular weight is 240 g/mol. The van der Waals surface area contributed by atoms with Crippen LogP contribution in [0.3, 0.4) is 0 Å². The molecule has 0 aliphatic heterocycles. The molecule has 0 atom stereocenters. The molecule has 1 aliphatic carbocycles. The van der Waals surface area contributed by atoms with Crippen LogP contribution >= 0.6 is 0 Å². The van der Waals surface area contributed by atoms with Crippen molar-refractivity contribution in [2.75, 3.05) is 0 Å². The van der Waals surface area contributed by atoms with Crippen molar-refractivity contribution in [3.63, 3.8) is 0 Å². The molecule has 18 heavy (non-hydrogen) atoms. The molecule has 0 bridgehead atoms. The first-order valence-electron chi connectivity index (χ1n) is 6.91. The molecule has 1 aliphatic rings. The number of nitrogens with one attached hydrogen (secondary N) is 1. The Kier molecular flexibility index (Phi) is 3.04. The van der Waals surface area contributed by atoms with E-state index >= 15 is 0 Å². The molecule has 1 aromatic carbocycles. The molecule has 1 heterocycles. The van der Waals surface area contributed by atoms with Crippen molar-refractivity contribution in [2.24, 2.45) is 0 Å². The van der Waals surface area contributed by atoms with E-state index in [0.717, 1.165) is 12.1 Å². The molecular weight excluding hydrogens is 220 g/mol. The fourth-order valence-electron chi connectivity index (χ4n) is 2.85. The average Bonchev–Trinajstić information content (AvgIpc) is 2.38. The molecule has 1 fully saturated rings. The van der Waals surface area contributed by atoms with E-state index in [1.54, 1.807) is 0 Å². The minimum Gasteiger partial charge on any atom is -0.307 e. The van der Waals surface area contributed by atoms with Gasteiger partial charge < -0.3 is 5.32 Å². The molecule has 0 saturated heterocycles. The molecule has 0 spiro atoms. The maximum Gasteiger partial charge on any atom is 0.0705 e. The van der Waals surface area contributed by atoms with Crippen LogP contribution in [0, 0.1) is 0 Å². The Morgan fingerprint density at radius 1 is 1.22 bits per heavy atom. The zero-order chi connectivity index (χ0) is 12.4. The number of benzene rings is 1. The first kappa shape index (κ1) is 11.7. The summed E-state index contributed by atoms with van der Waals surface area (Å²) in [5.41, 5.74) is 2.86. The minimum atomic E-state index is 0.407. The summed E-state index contributed by atoms with van der Waals surface area (Å²) in [6, 6.07) is 10.5. The van der Waals surface area contributed by atoms with E-state index in [-0.39, 0.29) is 0 Å². The summed E-state index contributed by atoms with van der Waals surface area (Å²) >= 11 is 0. The lowest BCUT2D eigenvalue weighted by atomic mass is 9.75. The Labute approximate surface area is 108 Å². The van der Waals surface area contributed by atoms with E-state index in [4.69, 9.17) is 0 Å². The van der Waals surface area contributed by atoms with Gasteiger partial charge in [0.05, 0.1) is 5.52 Å². The second-order valence-corrected chi connectivity index (χ2v) is 5.33. The minimum absolute atomic E-state index is 0.407. The number of nitrogens with zero attached hydrogens (tertiary/aromatic N) is 1. The highest BCUT2D eigenvalue weighted by Gasteiger charge is 2.34. The highest BCUT2D eigenvalue weighted by atomic mass is 15.0. The van der Waals surface area contributed by atoms with Crippen molar-refractivity contribution >= 4 is 10.9 Å². The molecule has 0 unspecified atom stereocenters. The van der Waals surface area contributed by atoms with Crippen molar-refractivity contribution in [3.8, 4) is 0 Å². The predicted molar refractivity (Wildman–Crippen MR) is 75.5 cm³/mol. The number of hydrogen-bond acceptors (Lipinski definition) is 2. The third-order valence-electron chi connectivity index (χ3n) is 4.38. The Hall–Kier alpha value is -1.41. The summed E-state index contributed by atoms with van der Waals surface area (Å²) in [5.74, 6) is 0. The maximum absolute atomic E-state index is 4.41. The van der Waals surface area contributed by atoms with Crippen molar-refractivity contribution in [3.05, 3.63) is 42.1 Å². The lowest BCUT2D eigenvalue weighted by molar-refractivity contribution is 0.175. The molecule has 3 rings (SSSR count). The maximum atomic E-state index is 4.41. The number of pyridine rings is 1. The number of aromatic nitrogens is 1. The number of para-hydroxylation sites is 1. The van der Waals surface area contributed by atoms with Crippen LogP contribution in [-0.2, 0) is 6.54 Å². The fraction of sp³-hybridized carbons (Fsp3) is 0.438. The van der Waals surface area contributed by atoms with Crippen LogP contribution in [0.15, 0.2) is 36.5 Å². The summed E-state index contributed by atoms with van der Waals surface area (Å²) in [6.07, 6.45) is 7.17. The van der Waals surface area contributed by atoms with Crippen LogP contribution < -0.4 is 5.32 Å². The molecule has 1 N–H and O–H groups in total. The van der Waals surface area contributed by atoms with Gasteiger partial charge in [-0.15, -0.1) is 0 Å².